The number of urea groups is 1. The van der Waals surface area contributed by atoms with Crippen LogP contribution in [-0.2, 0) is 0 Å². The molecule has 2 amide bonds. The fourth-order valence-electron chi connectivity index (χ4n) is 10.2. The first-order chi connectivity index (χ1) is 18.6. The number of thiazole rings is 1. The molecule has 4 saturated carbocycles. The highest BCUT2D eigenvalue weighted by molar-refractivity contribution is 8.15. The third-order valence-electron chi connectivity index (χ3n) is 12.1. The van der Waals surface area contributed by atoms with Gasteiger partial charge in [0.05, 0.1) is 12.2 Å². The van der Waals surface area contributed by atoms with Crippen molar-refractivity contribution in [1.29, 1.82) is 0 Å². The summed E-state index contributed by atoms with van der Waals surface area (Å²) in [5, 5.41) is 29.5. The molecule has 0 radical (unpaired) electrons. The average Bonchev–Trinajstić information content (AvgIpc) is 3.56. The van der Waals surface area contributed by atoms with Crippen molar-refractivity contribution in [3.05, 3.63) is 11.6 Å². The number of nitrogens with one attached hydrogen (secondary N) is 2. The lowest BCUT2D eigenvalue weighted by molar-refractivity contribution is -0.203. The maximum Gasteiger partial charge on any atom is 0.324 e. The molecule has 220 valence electrons. The first-order valence-corrected chi connectivity index (χ1v) is 17.6. The van der Waals surface area contributed by atoms with E-state index in [0.717, 1.165) is 36.4 Å². The fraction of sp³-hybridized carbons (Fsp3) is 0.839. The van der Waals surface area contributed by atoms with Gasteiger partial charge in [0.2, 0.25) is 0 Å². The number of aliphatic hydroxyl groups excluding tert-OH is 2. The second kappa shape index (κ2) is 11.7. The van der Waals surface area contributed by atoms with Gasteiger partial charge in [0.25, 0.3) is 0 Å². The van der Waals surface area contributed by atoms with Gasteiger partial charge in [-0.15, -0.1) is 11.3 Å². The summed E-state index contributed by atoms with van der Waals surface area (Å²) in [5.74, 6) is 3.46. The molecule has 0 saturated heterocycles. The molecule has 4 aliphatic carbocycles. The van der Waals surface area contributed by atoms with Crippen LogP contribution in [0.3, 0.4) is 0 Å². The molecule has 4 aliphatic rings. The number of fused-ring (bicyclic) bond motifs is 5. The Morgan fingerprint density at radius 2 is 1.92 bits per heavy atom. The minimum absolute atomic E-state index is 0.119. The summed E-state index contributed by atoms with van der Waals surface area (Å²) in [6.07, 6.45) is 11.2. The van der Waals surface area contributed by atoms with E-state index in [2.05, 4.69) is 42.7 Å². The lowest BCUT2D eigenvalue weighted by Crippen LogP contribution is -2.62. The third-order valence-corrected chi connectivity index (χ3v) is 14.8. The van der Waals surface area contributed by atoms with Crippen molar-refractivity contribution in [3.63, 3.8) is 0 Å². The van der Waals surface area contributed by atoms with Crippen molar-refractivity contribution in [3.8, 4) is 0 Å². The Bertz CT molecular complexity index is 1030. The lowest BCUT2D eigenvalue weighted by atomic mass is 9.41. The van der Waals surface area contributed by atoms with Crippen LogP contribution in [0.15, 0.2) is 15.9 Å². The molecule has 1 unspecified atom stereocenters. The Kier molecular flexibility index (Phi) is 8.88. The number of aliphatic hydroxyl groups is 2. The molecule has 0 aliphatic heterocycles. The summed E-state index contributed by atoms with van der Waals surface area (Å²) in [5.41, 5.74) is 0.507. The van der Waals surface area contributed by atoms with Gasteiger partial charge < -0.3 is 15.5 Å². The highest BCUT2D eigenvalue weighted by atomic mass is 32.2. The molecule has 0 spiro atoms. The zero-order valence-corrected chi connectivity index (χ0v) is 26.2. The second-order valence-electron chi connectivity index (χ2n) is 13.6. The maximum absolute atomic E-state index is 12.6. The fourth-order valence-corrected chi connectivity index (χ4v) is 12.4. The molecule has 6 nitrogen and oxygen atoms in total. The topological polar surface area (TPSA) is 94.5 Å². The Labute approximate surface area is 242 Å². The molecular weight excluding hydrogens is 526 g/mol. The number of carbonyl (C=O) groups excluding carboxylic acids is 1. The Hall–Kier alpha value is -0.960. The van der Waals surface area contributed by atoms with Crippen LogP contribution in [0, 0.1) is 52.3 Å². The molecular formula is C31H51N3O3S2. The number of hydrogen-bond donors (Lipinski definition) is 4. The van der Waals surface area contributed by atoms with E-state index in [1.165, 1.54) is 25.7 Å². The largest absolute Gasteiger partial charge is 0.393 e. The zero-order chi connectivity index (χ0) is 27.9. The van der Waals surface area contributed by atoms with E-state index in [9.17, 15) is 15.0 Å². The second-order valence-corrected chi connectivity index (χ2v) is 16.5. The van der Waals surface area contributed by atoms with Gasteiger partial charge in [-0.05, 0) is 127 Å². The molecule has 0 aromatic carbocycles. The Morgan fingerprint density at radius 3 is 2.62 bits per heavy atom. The number of amides is 2. The van der Waals surface area contributed by atoms with E-state index < -0.39 is 10.7 Å². The summed E-state index contributed by atoms with van der Waals surface area (Å²) in [6.45, 7) is 12.3. The van der Waals surface area contributed by atoms with Gasteiger partial charge in [-0.25, -0.2) is 9.78 Å². The number of hydrogen-bond acceptors (Lipinski definition) is 5. The highest BCUT2D eigenvalue weighted by Crippen LogP contribution is 2.69. The van der Waals surface area contributed by atoms with Crippen LogP contribution < -0.4 is 10.0 Å². The first-order valence-electron chi connectivity index (χ1n) is 15.5. The number of rotatable bonds is 7. The standard InChI is InChI=1S/C31H51N3O3S2/c1-6-21-25-18-20(35)10-13-31(25,5)24-11-14-30(4)22(8-9-23(30)26(24)27(21)36)19(3)12-15-32-28(37)34-39(7-2)29-33-16-17-38-29/h7,16-17,19-27,35-36H,6,8-15,18H2,1-5H3,(H2,32,34,37)/t19-,20-,21-,22-,23+,24+,25+,26+,27-,30-,31-,39?/m1/s1. The molecule has 8 heteroatoms. The molecule has 1 aromatic rings. The molecule has 12 atom stereocenters. The van der Waals surface area contributed by atoms with Crippen molar-refractivity contribution in [2.45, 2.75) is 109 Å². The van der Waals surface area contributed by atoms with Gasteiger partial charge in [-0.2, -0.15) is 0 Å². The maximum atomic E-state index is 12.6. The third kappa shape index (κ3) is 5.25. The zero-order valence-electron chi connectivity index (χ0n) is 24.6. The van der Waals surface area contributed by atoms with Crippen molar-refractivity contribution in [1.82, 2.24) is 15.0 Å². The summed E-state index contributed by atoms with van der Waals surface area (Å²) in [7, 11) is -0.460. The Morgan fingerprint density at radius 1 is 1.18 bits per heavy atom. The summed E-state index contributed by atoms with van der Waals surface area (Å²) >= 11 is 1.57. The predicted octanol–water partition coefficient (Wildman–Crippen LogP) is 6.46. The van der Waals surface area contributed by atoms with Crippen molar-refractivity contribution < 1.29 is 15.0 Å². The van der Waals surface area contributed by atoms with E-state index in [1.807, 2.05) is 17.7 Å². The van der Waals surface area contributed by atoms with Crippen LogP contribution in [-0.4, -0.2) is 45.3 Å². The minimum atomic E-state index is -0.460. The van der Waals surface area contributed by atoms with Crippen molar-refractivity contribution in [2.75, 3.05) is 6.54 Å². The van der Waals surface area contributed by atoms with Gasteiger partial charge in [-0.1, -0.05) is 34.1 Å². The number of nitrogens with zero attached hydrogens (tertiary/aromatic N) is 1. The van der Waals surface area contributed by atoms with Crippen LogP contribution in [0.1, 0.15) is 92.4 Å². The minimum Gasteiger partial charge on any atom is -0.393 e. The van der Waals surface area contributed by atoms with E-state index >= 15 is 0 Å². The number of aromatic nitrogens is 1. The Balaban J connectivity index is 1.23. The quantitative estimate of drug-likeness (QED) is 0.280. The first kappa shape index (κ1) is 29.5. The predicted molar refractivity (Wildman–Crippen MR) is 162 cm³/mol. The van der Waals surface area contributed by atoms with Crippen LogP contribution >= 0.6 is 22.0 Å². The summed E-state index contributed by atoms with van der Waals surface area (Å²) in [6, 6.07) is -0.119. The highest BCUT2D eigenvalue weighted by Gasteiger charge is 2.64. The smallest absolute Gasteiger partial charge is 0.324 e. The van der Waals surface area contributed by atoms with Gasteiger partial charge >= 0.3 is 6.03 Å². The lowest BCUT2D eigenvalue weighted by Gasteiger charge is -2.64. The van der Waals surface area contributed by atoms with Crippen molar-refractivity contribution >= 4 is 33.4 Å². The monoisotopic (exact) mass is 577 g/mol. The molecule has 0 bridgehead atoms. The van der Waals surface area contributed by atoms with Gasteiger partial charge in [-0.3, -0.25) is 4.72 Å². The summed E-state index contributed by atoms with van der Waals surface area (Å²) in [4.78, 5) is 17.0. The van der Waals surface area contributed by atoms with E-state index in [1.54, 1.807) is 17.5 Å². The molecule has 1 aromatic heterocycles. The SMILES string of the molecule is C/C=S(\NC(=O)NCC[C@@H](C)[C@H]1CC[C@H]2[C@@H]3[C@H](O)[C@H](CC)[C@@H]4C[C@H](O)CC[C@]4(C)[C@H]3CC[C@]12C)c1nccs1. The molecule has 1 heterocycles. The van der Waals surface area contributed by atoms with Gasteiger partial charge in [0.1, 0.15) is 0 Å². The van der Waals surface area contributed by atoms with Crippen LogP contribution in [0.4, 0.5) is 4.79 Å². The molecule has 39 heavy (non-hydrogen) atoms. The van der Waals surface area contributed by atoms with E-state index in [4.69, 9.17) is 0 Å². The normalized spacial score (nSPS) is 43.2. The summed E-state index contributed by atoms with van der Waals surface area (Å²) < 4.78 is 4.00. The molecule has 4 fully saturated rings. The van der Waals surface area contributed by atoms with Crippen LogP contribution in [0.5, 0.6) is 0 Å². The van der Waals surface area contributed by atoms with Gasteiger partial charge in [0.15, 0.2) is 4.34 Å². The molecule has 4 N–H and O–H groups in total. The van der Waals surface area contributed by atoms with Gasteiger partial charge in [0, 0.05) is 18.1 Å². The van der Waals surface area contributed by atoms with Crippen molar-refractivity contribution in [2.24, 2.45) is 52.3 Å². The average molecular weight is 578 g/mol. The van der Waals surface area contributed by atoms with Crippen LogP contribution in [0.25, 0.3) is 0 Å². The number of carbonyl (C=O) groups is 1. The van der Waals surface area contributed by atoms with E-state index in [0.29, 0.717) is 48.0 Å². The van der Waals surface area contributed by atoms with E-state index in [-0.39, 0.29) is 29.1 Å². The molecule has 5 rings (SSSR count). The van der Waals surface area contributed by atoms with Crippen LogP contribution in [0.2, 0.25) is 0 Å².